The van der Waals surface area contributed by atoms with Gasteiger partial charge in [-0.1, -0.05) is 37.5 Å². The monoisotopic (exact) mass is 315 g/mol. The Morgan fingerprint density at radius 1 is 1.00 bits per heavy atom. The van der Waals surface area contributed by atoms with E-state index < -0.39 is 0 Å². The molecule has 2 fully saturated rings. The molecular formula is C19H29N3O. The lowest BCUT2D eigenvalue weighted by Crippen LogP contribution is -2.50. The second kappa shape index (κ2) is 7.35. The van der Waals surface area contributed by atoms with Crippen LogP contribution in [0.4, 0.5) is 5.69 Å². The molecule has 1 aromatic rings. The van der Waals surface area contributed by atoms with E-state index in [0.29, 0.717) is 18.9 Å². The molecular weight excluding hydrogens is 286 g/mol. The lowest BCUT2D eigenvalue weighted by atomic mass is 9.71. The van der Waals surface area contributed by atoms with E-state index in [0.717, 1.165) is 39.0 Å². The van der Waals surface area contributed by atoms with Crippen molar-refractivity contribution in [2.45, 2.75) is 38.5 Å². The Kier molecular flexibility index (Phi) is 5.21. The average molecular weight is 315 g/mol. The molecule has 4 nitrogen and oxygen atoms in total. The molecule has 1 aliphatic heterocycles. The molecule has 1 aliphatic carbocycles. The van der Waals surface area contributed by atoms with Gasteiger partial charge in [0.25, 0.3) is 0 Å². The number of rotatable bonds is 4. The fourth-order valence-corrected chi connectivity index (χ4v) is 4.04. The number of nitrogens with zero attached hydrogens (tertiary/aromatic N) is 2. The standard InChI is InChI=1S/C19H29N3O/c20-16-19(9-5-2-6-10-19)15-18(23)22-13-11-21(12-14-22)17-7-3-1-4-8-17/h1,3-4,7-8H,2,5-6,9-16,20H2. The zero-order chi connectivity index (χ0) is 16.1. The number of hydrogen-bond donors (Lipinski definition) is 1. The number of anilines is 1. The number of para-hydroxylation sites is 1. The van der Waals surface area contributed by atoms with E-state index in [4.69, 9.17) is 5.73 Å². The Labute approximate surface area is 139 Å². The molecule has 1 amide bonds. The maximum absolute atomic E-state index is 12.7. The van der Waals surface area contributed by atoms with Gasteiger partial charge < -0.3 is 15.5 Å². The van der Waals surface area contributed by atoms with Crippen LogP contribution in [-0.2, 0) is 4.79 Å². The summed E-state index contributed by atoms with van der Waals surface area (Å²) in [6, 6.07) is 10.5. The molecule has 2 N–H and O–H groups in total. The molecule has 4 heteroatoms. The van der Waals surface area contributed by atoms with Crippen LogP contribution in [0.3, 0.4) is 0 Å². The van der Waals surface area contributed by atoms with Gasteiger partial charge in [0, 0.05) is 38.3 Å². The fourth-order valence-electron chi connectivity index (χ4n) is 4.04. The quantitative estimate of drug-likeness (QED) is 0.929. The van der Waals surface area contributed by atoms with Gasteiger partial charge in [-0.05, 0) is 36.9 Å². The first-order valence-corrected chi connectivity index (χ1v) is 9.00. The van der Waals surface area contributed by atoms with Crippen molar-refractivity contribution in [3.05, 3.63) is 30.3 Å². The second-order valence-electron chi connectivity index (χ2n) is 7.14. The molecule has 0 radical (unpaired) electrons. The van der Waals surface area contributed by atoms with Crippen LogP contribution in [-0.4, -0.2) is 43.5 Å². The number of carbonyl (C=O) groups is 1. The van der Waals surface area contributed by atoms with Gasteiger partial charge in [-0.25, -0.2) is 0 Å². The van der Waals surface area contributed by atoms with Crippen molar-refractivity contribution >= 4 is 11.6 Å². The largest absolute Gasteiger partial charge is 0.368 e. The molecule has 3 rings (SSSR count). The van der Waals surface area contributed by atoms with Gasteiger partial charge in [-0.15, -0.1) is 0 Å². The fraction of sp³-hybridized carbons (Fsp3) is 0.632. The summed E-state index contributed by atoms with van der Waals surface area (Å²) in [7, 11) is 0. The minimum absolute atomic E-state index is 0.0753. The summed E-state index contributed by atoms with van der Waals surface area (Å²) in [6.07, 6.45) is 6.65. The van der Waals surface area contributed by atoms with Gasteiger partial charge in [-0.3, -0.25) is 4.79 Å². The van der Waals surface area contributed by atoms with Gasteiger partial charge >= 0.3 is 0 Å². The number of piperazine rings is 1. The topological polar surface area (TPSA) is 49.6 Å². The lowest BCUT2D eigenvalue weighted by Gasteiger charge is -2.40. The minimum Gasteiger partial charge on any atom is -0.368 e. The SMILES string of the molecule is NCC1(CC(=O)N2CCN(c3ccccc3)CC2)CCCCC1. The number of benzene rings is 1. The van der Waals surface area contributed by atoms with Crippen LogP contribution >= 0.6 is 0 Å². The molecule has 1 saturated carbocycles. The minimum atomic E-state index is 0.0753. The van der Waals surface area contributed by atoms with E-state index in [2.05, 4.69) is 29.2 Å². The molecule has 0 atom stereocenters. The van der Waals surface area contributed by atoms with Crippen LogP contribution in [0, 0.1) is 5.41 Å². The van der Waals surface area contributed by atoms with Crippen LogP contribution in [0.5, 0.6) is 0 Å². The van der Waals surface area contributed by atoms with E-state index >= 15 is 0 Å². The van der Waals surface area contributed by atoms with E-state index in [9.17, 15) is 4.79 Å². The maximum Gasteiger partial charge on any atom is 0.223 e. The van der Waals surface area contributed by atoms with Gasteiger partial charge in [0.1, 0.15) is 0 Å². The number of carbonyl (C=O) groups excluding carboxylic acids is 1. The Balaban J connectivity index is 1.54. The Morgan fingerprint density at radius 2 is 1.65 bits per heavy atom. The lowest BCUT2D eigenvalue weighted by molar-refractivity contribution is -0.134. The van der Waals surface area contributed by atoms with E-state index in [1.807, 2.05) is 11.0 Å². The van der Waals surface area contributed by atoms with Crippen molar-refractivity contribution in [3.8, 4) is 0 Å². The molecule has 1 saturated heterocycles. The summed E-state index contributed by atoms with van der Waals surface area (Å²) < 4.78 is 0. The van der Waals surface area contributed by atoms with Crippen molar-refractivity contribution in [2.24, 2.45) is 11.1 Å². The predicted octanol–water partition coefficient (Wildman–Crippen LogP) is 2.63. The molecule has 0 spiro atoms. The highest BCUT2D eigenvalue weighted by molar-refractivity contribution is 5.77. The van der Waals surface area contributed by atoms with E-state index in [-0.39, 0.29) is 5.41 Å². The van der Waals surface area contributed by atoms with Crippen molar-refractivity contribution in [1.29, 1.82) is 0 Å². The summed E-state index contributed by atoms with van der Waals surface area (Å²) >= 11 is 0. The summed E-state index contributed by atoms with van der Waals surface area (Å²) in [5, 5.41) is 0. The Hall–Kier alpha value is -1.55. The third-order valence-corrected chi connectivity index (χ3v) is 5.63. The number of hydrogen-bond acceptors (Lipinski definition) is 3. The van der Waals surface area contributed by atoms with Crippen molar-refractivity contribution in [1.82, 2.24) is 4.90 Å². The Bertz CT molecular complexity index is 503. The average Bonchev–Trinajstić information content (AvgIpc) is 2.63. The van der Waals surface area contributed by atoms with Gasteiger partial charge in [-0.2, -0.15) is 0 Å². The molecule has 0 aromatic heterocycles. The third-order valence-electron chi connectivity index (χ3n) is 5.63. The van der Waals surface area contributed by atoms with Crippen LogP contribution in [0.15, 0.2) is 30.3 Å². The highest BCUT2D eigenvalue weighted by Gasteiger charge is 2.35. The van der Waals surface area contributed by atoms with Gasteiger partial charge in [0.15, 0.2) is 0 Å². The van der Waals surface area contributed by atoms with Gasteiger partial charge in [0.2, 0.25) is 5.91 Å². The van der Waals surface area contributed by atoms with Crippen LogP contribution in [0.2, 0.25) is 0 Å². The molecule has 2 aliphatic rings. The third kappa shape index (κ3) is 3.86. The highest BCUT2D eigenvalue weighted by atomic mass is 16.2. The highest BCUT2D eigenvalue weighted by Crippen LogP contribution is 2.38. The first-order chi connectivity index (χ1) is 11.2. The normalized spacial score (nSPS) is 21.3. The molecule has 1 heterocycles. The predicted molar refractivity (Wildman–Crippen MR) is 94.4 cm³/mol. The van der Waals surface area contributed by atoms with Crippen LogP contribution in [0.1, 0.15) is 38.5 Å². The summed E-state index contributed by atoms with van der Waals surface area (Å²) in [5.74, 6) is 0.310. The van der Waals surface area contributed by atoms with E-state index in [1.165, 1.54) is 24.9 Å². The van der Waals surface area contributed by atoms with Gasteiger partial charge in [0.05, 0.1) is 0 Å². The molecule has 1 aromatic carbocycles. The first-order valence-electron chi connectivity index (χ1n) is 9.00. The van der Waals surface area contributed by atoms with Crippen LogP contribution < -0.4 is 10.6 Å². The second-order valence-corrected chi connectivity index (χ2v) is 7.14. The van der Waals surface area contributed by atoms with Crippen molar-refractivity contribution < 1.29 is 4.79 Å². The van der Waals surface area contributed by atoms with Crippen molar-refractivity contribution in [2.75, 3.05) is 37.6 Å². The maximum atomic E-state index is 12.7. The van der Waals surface area contributed by atoms with E-state index in [1.54, 1.807) is 0 Å². The molecule has 23 heavy (non-hydrogen) atoms. The zero-order valence-corrected chi connectivity index (χ0v) is 14.0. The van der Waals surface area contributed by atoms with Crippen molar-refractivity contribution in [3.63, 3.8) is 0 Å². The molecule has 0 bridgehead atoms. The van der Waals surface area contributed by atoms with Crippen LogP contribution in [0.25, 0.3) is 0 Å². The number of amides is 1. The Morgan fingerprint density at radius 3 is 2.26 bits per heavy atom. The summed E-state index contributed by atoms with van der Waals surface area (Å²) in [5.41, 5.74) is 7.37. The number of nitrogens with two attached hydrogens (primary N) is 1. The molecule has 126 valence electrons. The first kappa shape index (κ1) is 16.3. The summed E-state index contributed by atoms with van der Waals surface area (Å²) in [6.45, 7) is 4.15. The molecule has 0 unspecified atom stereocenters. The smallest absolute Gasteiger partial charge is 0.223 e. The summed E-state index contributed by atoms with van der Waals surface area (Å²) in [4.78, 5) is 17.1. The zero-order valence-electron chi connectivity index (χ0n) is 14.0.